The number of aryl methyl sites for hydroxylation is 1. The van der Waals surface area contributed by atoms with Crippen molar-refractivity contribution < 1.29 is 4.79 Å². The Hall–Kier alpha value is -1.92. The third-order valence-corrected chi connectivity index (χ3v) is 4.95. The molecule has 3 aromatic rings. The molecule has 0 unspecified atom stereocenters. The number of hydrogen-bond acceptors (Lipinski definition) is 4. The van der Waals surface area contributed by atoms with Crippen LogP contribution in [0.5, 0.6) is 0 Å². The fourth-order valence-electron chi connectivity index (χ4n) is 2.05. The molecule has 0 spiro atoms. The summed E-state index contributed by atoms with van der Waals surface area (Å²) in [5, 5.41) is 3.76. The lowest BCUT2D eigenvalue weighted by Gasteiger charge is -2.07. The molecule has 0 aliphatic rings. The van der Waals surface area contributed by atoms with E-state index in [4.69, 9.17) is 5.73 Å². The second kappa shape index (κ2) is 5.46. The summed E-state index contributed by atoms with van der Waals surface area (Å²) in [6.45, 7) is 1.97. The molecule has 4 nitrogen and oxygen atoms in total. The highest BCUT2D eigenvalue weighted by molar-refractivity contribution is 9.10. The number of nitrogens with zero attached hydrogens (tertiary/aromatic N) is 1. The maximum Gasteiger partial charge on any atom is 0.267 e. The van der Waals surface area contributed by atoms with E-state index in [1.165, 1.54) is 11.3 Å². The van der Waals surface area contributed by atoms with Gasteiger partial charge in [0.2, 0.25) is 0 Å². The molecule has 0 aliphatic carbocycles. The van der Waals surface area contributed by atoms with Gasteiger partial charge < -0.3 is 11.1 Å². The maximum absolute atomic E-state index is 12.4. The fourth-order valence-corrected chi connectivity index (χ4v) is 3.38. The molecule has 2 aromatic heterocycles. The smallest absolute Gasteiger partial charge is 0.267 e. The molecule has 106 valence electrons. The van der Waals surface area contributed by atoms with Crippen molar-refractivity contribution in [1.29, 1.82) is 0 Å². The average molecular weight is 362 g/mol. The summed E-state index contributed by atoms with van der Waals surface area (Å²) >= 11 is 4.78. The number of benzene rings is 1. The first kappa shape index (κ1) is 14.0. The largest absolute Gasteiger partial charge is 0.397 e. The van der Waals surface area contributed by atoms with Crippen molar-refractivity contribution in [2.75, 3.05) is 11.1 Å². The molecular weight excluding hydrogens is 350 g/mol. The second-order valence-electron chi connectivity index (χ2n) is 4.65. The number of aromatic nitrogens is 1. The molecule has 0 saturated carbocycles. The number of nitrogens with one attached hydrogen (secondary N) is 1. The lowest BCUT2D eigenvalue weighted by atomic mass is 10.2. The summed E-state index contributed by atoms with van der Waals surface area (Å²) in [5.74, 6) is -0.208. The van der Waals surface area contributed by atoms with Gasteiger partial charge in [-0.3, -0.25) is 9.78 Å². The molecule has 1 amide bonds. The number of halogens is 1. The Morgan fingerprint density at radius 3 is 2.95 bits per heavy atom. The summed E-state index contributed by atoms with van der Waals surface area (Å²) in [5.41, 5.74) is 8.37. The zero-order valence-corrected chi connectivity index (χ0v) is 13.6. The van der Waals surface area contributed by atoms with Crippen LogP contribution >= 0.6 is 27.3 Å². The van der Waals surface area contributed by atoms with E-state index in [1.807, 2.05) is 31.2 Å². The number of carbonyl (C=O) groups excluding carboxylic acids is 1. The zero-order valence-electron chi connectivity index (χ0n) is 11.2. The Bertz CT molecular complexity index is 844. The van der Waals surface area contributed by atoms with Crippen molar-refractivity contribution in [2.24, 2.45) is 0 Å². The SMILES string of the molecule is Cc1ccc(Br)c(NC(=O)c2sc3cnccc3c2N)c1. The standard InChI is InChI=1S/C15H12BrN3OS/c1-8-2-3-10(16)11(6-8)19-15(20)14-13(17)9-4-5-18-7-12(9)21-14/h2-7H,17H2,1H3,(H,19,20). The lowest BCUT2D eigenvalue weighted by molar-refractivity contribution is 0.103. The van der Waals surface area contributed by atoms with Gasteiger partial charge in [0, 0.05) is 22.3 Å². The average Bonchev–Trinajstić information content (AvgIpc) is 2.81. The van der Waals surface area contributed by atoms with E-state index in [2.05, 4.69) is 26.2 Å². The van der Waals surface area contributed by atoms with E-state index >= 15 is 0 Å². The molecule has 2 heterocycles. The van der Waals surface area contributed by atoms with Crippen LogP contribution in [0.1, 0.15) is 15.2 Å². The molecule has 6 heteroatoms. The molecule has 21 heavy (non-hydrogen) atoms. The van der Waals surface area contributed by atoms with Crippen LogP contribution in [0.2, 0.25) is 0 Å². The topological polar surface area (TPSA) is 68.0 Å². The van der Waals surface area contributed by atoms with Gasteiger partial charge >= 0.3 is 0 Å². The van der Waals surface area contributed by atoms with Crippen molar-refractivity contribution >= 4 is 54.6 Å². The molecule has 0 atom stereocenters. The number of fused-ring (bicyclic) bond motifs is 1. The van der Waals surface area contributed by atoms with Crippen molar-refractivity contribution in [3.63, 3.8) is 0 Å². The van der Waals surface area contributed by atoms with Gasteiger partial charge in [0.15, 0.2) is 0 Å². The van der Waals surface area contributed by atoms with Crippen molar-refractivity contribution in [3.05, 3.63) is 51.6 Å². The molecule has 0 saturated heterocycles. The Balaban J connectivity index is 1.97. The molecule has 0 bridgehead atoms. The van der Waals surface area contributed by atoms with Crippen LogP contribution in [-0.2, 0) is 0 Å². The number of rotatable bonds is 2. The van der Waals surface area contributed by atoms with Gasteiger partial charge in [-0.05, 0) is 46.6 Å². The molecule has 0 aliphatic heterocycles. The number of hydrogen-bond donors (Lipinski definition) is 2. The fraction of sp³-hybridized carbons (Fsp3) is 0.0667. The second-order valence-corrected chi connectivity index (χ2v) is 6.56. The van der Waals surface area contributed by atoms with Crippen LogP contribution in [0.25, 0.3) is 10.1 Å². The van der Waals surface area contributed by atoms with E-state index in [-0.39, 0.29) is 5.91 Å². The number of carbonyl (C=O) groups is 1. The Kier molecular flexibility index (Phi) is 3.65. The van der Waals surface area contributed by atoms with Crippen LogP contribution in [-0.4, -0.2) is 10.9 Å². The first-order valence-electron chi connectivity index (χ1n) is 6.26. The summed E-state index contributed by atoms with van der Waals surface area (Å²) in [7, 11) is 0. The van der Waals surface area contributed by atoms with Crippen molar-refractivity contribution in [3.8, 4) is 0 Å². The maximum atomic E-state index is 12.4. The molecule has 3 rings (SSSR count). The van der Waals surface area contributed by atoms with E-state index in [1.54, 1.807) is 12.4 Å². The number of nitrogen functional groups attached to an aromatic ring is 1. The van der Waals surface area contributed by atoms with Crippen LogP contribution in [0, 0.1) is 6.92 Å². The minimum Gasteiger partial charge on any atom is -0.397 e. The minimum atomic E-state index is -0.208. The molecular formula is C15H12BrN3OS. The van der Waals surface area contributed by atoms with E-state index in [0.717, 1.165) is 25.8 Å². The number of nitrogens with two attached hydrogens (primary N) is 1. The van der Waals surface area contributed by atoms with Gasteiger partial charge in [0.05, 0.1) is 16.1 Å². The number of amides is 1. The molecule has 0 radical (unpaired) electrons. The first-order valence-corrected chi connectivity index (χ1v) is 7.86. The predicted octanol–water partition coefficient (Wildman–Crippen LogP) is 4.20. The van der Waals surface area contributed by atoms with Crippen molar-refractivity contribution in [1.82, 2.24) is 4.98 Å². The van der Waals surface area contributed by atoms with Gasteiger partial charge in [-0.25, -0.2) is 0 Å². The van der Waals surface area contributed by atoms with E-state index < -0.39 is 0 Å². The Morgan fingerprint density at radius 1 is 1.38 bits per heavy atom. The van der Waals surface area contributed by atoms with Crippen LogP contribution < -0.4 is 11.1 Å². The Morgan fingerprint density at radius 2 is 2.19 bits per heavy atom. The third kappa shape index (κ3) is 2.64. The highest BCUT2D eigenvalue weighted by Gasteiger charge is 2.17. The minimum absolute atomic E-state index is 0.208. The Labute approximate surface area is 134 Å². The molecule has 0 fully saturated rings. The summed E-state index contributed by atoms with van der Waals surface area (Å²) < 4.78 is 1.74. The highest BCUT2D eigenvalue weighted by atomic mass is 79.9. The lowest BCUT2D eigenvalue weighted by Crippen LogP contribution is -2.12. The zero-order chi connectivity index (χ0) is 15.0. The number of anilines is 2. The van der Waals surface area contributed by atoms with Gasteiger partial charge in [-0.1, -0.05) is 6.07 Å². The first-order chi connectivity index (χ1) is 10.1. The third-order valence-electron chi connectivity index (χ3n) is 3.11. The van der Waals surface area contributed by atoms with Crippen LogP contribution in [0.15, 0.2) is 41.1 Å². The van der Waals surface area contributed by atoms with E-state index in [9.17, 15) is 4.79 Å². The van der Waals surface area contributed by atoms with Crippen LogP contribution in [0.3, 0.4) is 0 Å². The van der Waals surface area contributed by atoms with E-state index in [0.29, 0.717) is 10.6 Å². The van der Waals surface area contributed by atoms with Gasteiger partial charge in [-0.2, -0.15) is 0 Å². The van der Waals surface area contributed by atoms with Crippen molar-refractivity contribution in [2.45, 2.75) is 6.92 Å². The summed E-state index contributed by atoms with van der Waals surface area (Å²) in [4.78, 5) is 17.0. The van der Waals surface area contributed by atoms with Crippen LogP contribution in [0.4, 0.5) is 11.4 Å². The normalized spacial score (nSPS) is 10.8. The summed E-state index contributed by atoms with van der Waals surface area (Å²) in [6.07, 6.45) is 3.39. The number of pyridine rings is 1. The quantitative estimate of drug-likeness (QED) is 0.718. The monoisotopic (exact) mass is 361 g/mol. The predicted molar refractivity (Wildman–Crippen MR) is 90.9 cm³/mol. The van der Waals surface area contributed by atoms with Gasteiger partial charge in [-0.15, -0.1) is 11.3 Å². The molecule has 1 aromatic carbocycles. The summed E-state index contributed by atoms with van der Waals surface area (Å²) in [6, 6.07) is 7.61. The highest BCUT2D eigenvalue weighted by Crippen LogP contribution is 2.34. The van der Waals surface area contributed by atoms with Gasteiger partial charge in [0.1, 0.15) is 4.88 Å². The number of thiophene rings is 1. The molecule has 3 N–H and O–H groups in total. The van der Waals surface area contributed by atoms with Gasteiger partial charge in [0.25, 0.3) is 5.91 Å².